The lowest BCUT2D eigenvalue weighted by atomic mass is 10.1. The van der Waals surface area contributed by atoms with E-state index in [-0.39, 0.29) is 11.9 Å². The van der Waals surface area contributed by atoms with Gasteiger partial charge in [0.1, 0.15) is 0 Å². The summed E-state index contributed by atoms with van der Waals surface area (Å²) in [6, 6.07) is 13.5. The highest BCUT2D eigenvalue weighted by atomic mass is 79.9. The summed E-state index contributed by atoms with van der Waals surface area (Å²) < 4.78 is 1.98. The van der Waals surface area contributed by atoms with Crippen molar-refractivity contribution in [2.24, 2.45) is 0 Å². The van der Waals surface area contributed by atoms with Crippen LogP contribution in [0, 0.1) is 6.92 Å². The van der Waals surface area contributed by atoms with Crippen LogP contribution >= 0.6 is 31.9 Å². The molecule has 20 heavy (non-hydrogen) atoms. The number of benzene rings is 2. The predicted molar refractivity (Wildman–Crippen MR) is 88.9 cm³/mol. The second kappa shape index (κ2) is 6.55. The molecule has 0 bridgehead atoms. The van der Waals surface area contributed by atoms with Crippen LogP contribution < -0.4 is 5.32 Å². The van der Waals surface area contributed by atoms with E-state index in [1.807, 2.05) is 56.3 Å². The average Bonchev–Trinajstić information content (AvgIpc) is 2.42. The van der Waals surface area contributed by atoms with E-state index in [9.17, 15) is 4.79 Å². The van der Waals surface area contributed by atoms with E-state index >= 15 is 0 Å². The second-order valence-electron chi connectivity index (χ2n) is 4.71. The summed E-state index contributed by atoms with van der Waals surface area (Å²) in [5.41, 5.74) is 2.85. The standard InChI is InChI=1S/C16H15Br2NO/c1-10-3-4-13(9-15(10)18)16(20)19-11(2)12-5-7-14(17)8-6-12/h3-9,11H,1-2H3,(H,19,20). The lowest BCUT2D eigenvalue weighted by molar-refractivity contribution is 0.0940. The number of hydrogen-bond acceptors (Lipinski definition) is 1. The number of halogens is 2. The largest absolute Gasteiger partial charge is 0.346 e. The number of aryl methyl sites for hydroxylation is 1. The maximum atomic E-state index is 12.2. The maximum Gasteiger partial charge on any atom is 0.251 e. The molecule has 2 aromatic carbocycles. The average molecular weight is 397 g/mol. The molecule has 104 valence electrons. The van der Waals surface area contributed by atoms with E-state index in [2.05, 4.69) is 37.2 Å². The molecule has 2 aromatic rings. The smallest absolute Gasteiger partial charge is 0.251 e. The number of hydrogen-bond donors (Lipinski definition) is 1. The Hall–Kier alpha value is -1.13. The molecule has 0 aromatic heterocycles. The molecule has 4 heteroatoms. The van der Waals surface area contributed by atoms with E-state index in [0.717, 1.165) is 20.1 Å². The van der Waals surface area contributed by atoms with Crippen LogP contribution in [0.1, 0.15) is 34.5 Å². The zero-order chi connectivity index (χ0) is 14.7. The third-order valence-corrected chi connectivity index (χ3v) is 4.53. The van der Waals surface area contributed by atoms with E-state index in [1.54, 1.807) is 0 Å². The van der Waals surface area contributed by atoms with Crippen molar-refractivity contribution in [1.29, 1.82) is 0 Å². The van der Waals surface area contributed by atoms with Crippen LogP contribution in [0.5, 0.6) is 0 Å². The first-order valence-electron chi connectivity index (χ1n) is 6.30. The topological polar surface area (TPSA) is 29.1 Å². The summed E-state index contributed by atoms with van der Waals surface area (Å²) in [7, 11) is 0. The van der Waals surface area contributed by atoms with Gasteiger partial charge in [-0.2, -0.15) is 0 Å². The van der Waals surface area contributed by atoms with Crippen molar-refractivity contribution in [2.75, 3.05) is 0 Å². The van der Waals surface area contributed by atoms with Crippen molar-refractivity contribution in [3.05, 3.63) is 68.1 Å². The van der Waals surface area contributed by atoms with Crippen molar-refractivity contribution in [2.45, 2.75) is 19.9 Å². The van der Waals surface area contributed by atoms with E-state index in [1.165, 1.54) is 0 Å². The Labute approximate surface area is 135 Å². The van der Waals surface area contributed by atoms with Gasteiger partial charge in [0.05, 0.1) is 6.04 Å². The van der Waals surface area contributed by atoms with Gasteiger partial charge in [-0.05, 0) is 49.2 Å². The lowest BCUT2D eigenvalue weighted by Gasteiger charge is -2.15. The molecule has 0 saturated heterocycles. The Morgan fingerprint density at radius 1 is 1.10 bits per heavy atom. The molecule has 0 saturated carbocycles. The number of carbonyl (C=O) groups is 1. The summed E-state index contributed by atoms with van der Waals surface area (Å²) >= 11 is 6.85. The Kier molecular flexibility index (Phi) is 5.00. The van der Waals surface area contributed by atoms with Gasteiger partial charge in [-0.15, -0.1) is 0 Å². The minimum Gasteiger partial charge on any atom is -0.346 e. The van der Waals surface area contributed by atoms with Gasteiger partial charge in [0.15, 0.2) is 0 Å². The molecule has 0 radical (unpaired) electrons. The fraction of sp³-hybridized carbons (Fsp3) is 0.188. The Morgan fingerprint density at radius 2 is 1.75 bits per heavy atom. The van der Waals surface area contributed by atoms with Crippen LogP contribution in [0.25, 0.3) is 0 Å². The molecule has 2 nitrogen and oxygen atoms in total. The van der Waals surface area contributed by atoms with E-state index in [4.69, 9.17) is 0 Å². The predicted octanol–water partition coefficient (Wildman–Crippen LogP) is 5.01. The Balaban J connectivity index is 2.10. The highest BCUT2D eigenvalue weighted by molar-refractivity contribution is 9.10. The molecule has 1 atom stereocenters. The molecule has 0 aliphatic heterocycles. The normalized spacial score (nSPS) is 12.0. The zero-order valence-electron chi connectivity index (χ0n) is 11.3. The third kappa shape index (κ3) is 3.70. The lowest BCUT2D eigenvalue weighted by Crippen LogP contribution is -2.26. The molecule has 0 aliphatic carbocycles. The highest BCUT2D eigenvalue weighted by Gasteiger charge is 2.12. The summed E-state index contributed by atoms with van der Waals surface area (Å²) in [6.45, 7) is 3.97. The van der Waals surface area contributed by atoms with Crippen molar-refractivity contribution < 1.29 is 4.79 Å². The fourth-order valence-corrected chi connectivity index (χ4v) is 2.49. The third-order valence-electron chi connectivity index (χ3n) is 3.15. The molecular weight excluding hydrogens is 382 g/mol. The van der Waals surface area contributed by atoms with Crippen LogP contribution in [0.4, 0.5) is 0 Å². The van der Waals surface area contributed by atoms with Crippen molar-refractivity contribution >= 4 is 37.8 Å². The molecule has 1 unspecified atom stereocenters. The molecule has 0 aliphatic rings. The summed E-state index contributed by atoms with van der Waals surface area (Å²) in [6.07, 6.45) is 0. The quantitative estimate of drug-likeness (QED) is 0.775. The van der Waals surface area contributed by atoms with Gasteiger partial charge in [0.25, 0.3) is 5.91 Å². The van der Waals surface area contributed by atoms with E-state index in [0.29, 0.717) is 5.56 Å². The zero-order valence-corrected chi connectivity index (χ0v) is 14.5. The first kappa shape index (κ1) is 15.3. The number of carbonyl (C=O) groups excluding carboxylic acids is 1. The molecule has 0 spiro atoms. The van der Waals surface area contributed by atoms with Crippen LogP contribution in [0.2, 0.25) is 0 Å². The highest BCUT2D eigenvalue weighted by Crippen LogP contribution is 2.19. The van der Waals surface area contributed by atoms with Crippen LogP contribution in [0.3, 0.4) is 0 Å². The Bertz CT molecular complexity index is 623. The summed E-state index contributed by atoms with van der Waals surface area (Å²) in [5, 5.41) is 3.00. The van der Waals surface area contributed by atoms with E-state index < -0.39 is 0 Å². The fourth-order valence-electron chi connectivity index (χ4n) is 1.85. The van der Waals surface area contributed by atoms with Crippen LogP contribution in [-0.2, 0) is 0 Å². The van der Waals surface area contributed by atoms with Gasteiger partial charge < -0.3 is 5.32 Å². The van der Waals surface area contributed by atoms with Crippen molar-refractivity contribution in [1.82, 2.24) is 5.32 Å². The minimum absolute atomic E-state index is 0.0318. The summed E-state index contributed by atoms with van der Waals surface area (Å²) in [5.74, 6) is -0.0684. The van der Waals surface area contributed by atoms with Crippen LogP contribution in [-0.4, -0.2) is 5.91 Å². The SMILES string of the molecule is Cc1ccc(C(=O)NC(C)c2ccc(Br)cc2)cc1Br. The van der Waals surface area contributed by atoms with Gasteiger partial charge in [-0.25, -0.2) is 0 Å². The van der Waals surface area contributed by atoms with Gasteiger partial charge >= 0.3 is 0 Å². The first-order chi connectivity index (χ1) is 9.47. The molecule has 1 N–H and O–H groups in total. The number of amides is 1. The number of nitrogens with one attached hydrogen (secondary N) is 1. The van der Waals surface area contributed by atoms with Crippen molar-refractivity contribution in [3.8, 4) is 0 Å². The molecular formula is C16H15Br2NO. The van der Waals surface area contributed by atoms with Gasteiger partial charge in [-0.3, -0.25) is 4.79 Å². The van der Waals surface area contributed by atoms with Crippen molar-refractivity contribution in [3.63, 3.8) is 0 Å². The van der Waals surface area contributed by atoms with Gasteiger partial charge in [0, 0.05) is 14.5 Å². The van der Waals surface area contributed by atoms with Gasteiger partial charge in [0.2, 0.25) is 0 Å². The minimum atomic E-state index is -0.0684. The first-order valence-corrected chi connectivity index (χ1v) is 7.88. The molecule has 0 heterocycles. The molecule has 1 amide bonds. The molecule has 0 fully saturated rings. The second-order valence-corrected chi connectivity index (χ2v) is 6.48. The molecule has 2 rings (SSSR count). The maximum absolute atomic E-state index is 12.2. The summed E-state index contributed by atoms with van der Waals surface area (Å²) in [4.78, 5) is 12.2. The monoisotopic (exact) mass is 395 g/mol. The van der Waals surface area contributed by atoms with Gasteiger partial charge in [-0.1, -0.05) is 50.1 Å². The number of rotatable bonds is 3. The van der Waals surface area contributed by atoms with Crippen LogP contribution in [0.15, 0.2) is 51.4 Å². The Morgan fingerprint density at radius 3 is 2.35 bits per heavy atom.